The number of ether oxygens (including phenoxy) is 2. The molecule has 0 bridgehead atoms. The smallest absolute Gasteiger partial charge is 0.306 e. The minimum Gasteiger partial charge on any atom is -0.488 e. The Bertz CT molecular complexity index is 1750. The molecule has 3 aromatic carbocycles. The summed E-state index contributed by atoms with van der Waals surface area (Å²) in [6.45, 7) is 9.05. The molecule has 0 aromatic heterocycles. The summed E-state index contributed by atoms with van der Waals surface area (Å²) in [5.74, 6) is -1.41. The van der Waals surface area contributed by atoms with Gasteiger partial charge in [0, 0.05) is 60.9 Å². The van der Waals surface area contributed by atoms with E-state index in [-0.39, 0.29) is 37.7 Å². The van der Waals surface area contributed by atoms with Crippen molar-refractivity contribution in [2.24, 2.45) is 5.73 Å². The molecular weight excluding hydrogens is 637 g/mol. The van der Waals surface area contributed by atoms with E-state index in [1.807, 2.05) is 29.2 Å². The molecule has 1 atom stereocenters. The second-order valence-corrected chi connectivity index (χ2v) is 13.4. The number of carbonyl (C=O) groups excluding carboxylic acids is 3. The Morgan fingerprint density at radius 2 is 1.83 bits per heavy atom. The van der Waals surface area contributed by atoms with E-state index in [2.05, 4.69) is 4.90 Å². The van der Waals surface area contributed by atoms with Crippen LogP contribution in [0.15, 0.2) is 54.6 Å². The standard InChI is InChI=1S/C36H39ClFN5O5/c1-36(2,3)48-33(44)12-11-31(34(40)45)43-21-27-26(35(43)46)5-4-6-32(27)47-22-25-9-7-24(17-28(25)37)20-41-13-15-42(16-14-41)30-10-8-23(19-39)18-29(30)38/h4-10,17-18,31H,11-16,20-22H2,1-3H3,(H2,40,45)/t31-/m0/s1. The van der Waals surface area contributed by atoms with Crippen LogP contribution in [0.2, 0.25) is 5.02 Å². The Kier molecular flexibility index (Phi) is 10.6. The molecule has 2 N–H and O–H groups in total. The first-order valence-electron chi connectivity index (χ1n) is 15.8. The van der Waals surface area contributed by atoms with Gasteiger partial charge in [-0.3, -0.25) is 19.3 Å². The maximum Gasteiger partial charge on any atom is 0.306 e. The predicted octanol–water partition coefficient (Wildman–Crippen LogP) is 5.18. The first-order chi connectivity index (χ1) is 22.8. The third kappa shape index (κ3) is 8.24. The molecule has 12 heteroatoms. The fraction of sp³-hybridized carbons (Fsp3) is 0.389. The minimum absolute atomic E-state index is 0.0491. The summed E-state index contributed by atoms with van der Waals surface area (Å²) >= 11 is 6.68. The van der Waals surface area contributed by atoms with E-state index in [1.54, 1.807) is 51.1 Å². The average molecular weight is 676 g/mol. The van der Waals surface area contributed by atoms with Gasteiger partial charge >= 0.3 is 5.97 Å². The van der Waals surface area contributed by atoms with Crippen LogP contribution in [0, 0.1) is 17.1 Å². The van der Waals surface area contributed by atoms with E-state index in [0.717, 1.165) is 24.2 Å². The van der Waals surface area contributed by atoms with Crippen molar-refractivity contribution in [1.82, 2.24) is 9.80 Å². The number of halogens is 2. The number of rotatable bonds is 11. The van der Waals surface area contributed by atoms with Crippen molar-refractivity contribution in [3.8, 4) is 11.8 Å². The second kappa shape index (κ2) is 14.6. The average Bonchev–Trinajstić information content (AvgIpc) is 3.36. The second-order valence-electron chi connectivity index (χ2n) is 13.0. The van der Waals surface area contributed by atoms with Crippen LogP contribution in [0.4, 0.5) is 10.1 Å². The highest BCUT2D eigenvalue weighted by Gasteiger charge is 2.37. The van der Waals surface area contributed by atoms with Gasteiger partial charge in [-0.2, -0.15) is 5.26 Å². The molecular formula is C36H39ClFN5O5. The van der Waals surface area contributed by atoms with Crippen molar-refractivity contribution in [3.63, 3.8) is 0 Å². The monoisotopic (exact) mass is 675 g/mol. The van der Waals surface area contributed by atoms with Crippen LogP contribution in [0.5, 0.6) is 5.75 Å². The Labute approximate surface area is 284 Å². The van der Waals surface area contributed by atoms with Crippen LogP contribution in [0.25, 0.3) is 0 Å². The number of amides is 2. The summed E-state index contributed by atoms with van der Waals surface area (Å²) < 4.78 is 26.0. The Morgan fingerprint density at radius 1 is 1.08 bits per heavy atom. The number of hydrogen-bond acceptors (Lipinski definition) is 8. The molecule has 0 spiro atoms. The van der Waals surface area contributed by atoms with Gasteiger partial charge in [0.05, 0.1) is 23.9 Å². The van der Waals surface area contributed by atoms with Crippen LogP contribution in [0.1, 0.15) is 66.2 Å². The number of nitrogens with two attached hydrogens (primary N) is 1. The van der Waals surface area contributed by atoms with Crippen LogP contribution in [0.3, 0.4) is 0 Å². The number of primary amides is 1. The van der Waals surface area contributed by atoms with Gasteiger partial charge in [0.25, 0.3) is 5.91 Å². The van der Waals surface area contributed by atoms with Gasteiger partial charge in [0.1, 0.15) is 29.8 Å². The normalized spacial score (nSPS) is 15.5. The molecule has 0 saturated carbocycles. The van der Waals surface area contributed by atoms with Crippen molar-refractivity contribution >= 4 is 35.1 Å². The zero-order chi connectivity index (χ0) is 34.6. The van der Waals surface area contributed by atoms with Crippen LogP contribution >= 0.6 is 11.6 Å². The van der Waals surface area contributed by atoms with Gasteiger partial charge in [-0.1, -0.05) is 29.8 Å². The third-order valence-electron chi connectivity index (χ3n) is 8.40. The summed E-state index contributed by atoms with van der Waals surface area (Å²) in [4.78, 5) is 43.6. The maximum absolute atomic E-state index is 14.5. The molecule has 2 heterocycles. The minimum atomic E-state index is -0.979. The van der Waals surface area contributed by atoms with Gasteiger partial charge in [-0.15, -0.1) is 0 Å². The molecule has 5 rings (SSSR count). The SMILES string of the molecule is CC(C)(C)OC(=O)CC[C@@H](C(N)=O)N1Cc2c(OCc3ccc(CN4CCN(c5ccc(C#N)cc5F)CC4)cc3Cl)cccc2C1=O. The summed E-state index contributed by atoms with van der Waals surface area (Å²) in [5, 5.41) is 9.55. The molecule has 1 fully saturated rings. The Balaban J connectivity index is 1.17. The lowest BCUT2D eigenvalue weighted by Gasteiger charge is -2.36. The van der Waals surface area contributed by atoms with Gasteiger partial charge in [0.15, 0.2) is 0 Å². The highest BCUT2D eigenvalue weighted by atomic mass is 35.5. The van der Waals surface area contributed by atoms with Crippen LogP contribution < -0.4 is 15.4 Å². The molecule has 10 nitrogen and oxygen atoms in total. The fourth-order valence-electron chi connectivity index (χ4n) is 6.01. The maximum atomic E-state index is 14.5. The van der Waals surface area contributed by atoms with E-state index in [0.29, 0.717) is 52.8 Å². The molecule has 2 aliphatic rings. The summed E-state index contributed by atoms with van der Waals surface area (Å²) in [6.07, 6.45) is -0.00880. The van der Waals surface area contributed by atoms with Crippen LogP contribution in [-0.4, -0.2) is 65.4 Å². The summed E-state index contributed by atoms with van der Waals surface area (Å²) in [5.41, 5.74) is 8.68. The van der Waals surface area contributed by atoms with Crippen LogP contribution in [-0.2, 0) is 34.0 Å². The molecule has 252 valence electrons. The van der Waals surface area contributed by atoms with Crippen molar-refractivity contribution in [3.05, 3.63) is 93.3 Å². The largest absolute Gasteiger partial charge is 0.488 e. The van der Waals surface area contributed by atoms with Crippen molar-refractivity contribution < 1.29 is 28.2 Å². The summed E-state index contributed by atoms with van der Waals surface area (Å²) in [7, 11) is 0. The third-order valence-corrected chi connectivity index (χ3v) is 8.75. The van der Waals surface area contributed by atoms with E-state index < -0.39 is 23.5 Å². The number of piperazine rings is 1. The number of fused-ring (bicyclic) bond motifs is 1. The van der Waals surface area contributed by atoms with E-state index in [4.69, 9.17) is 32.1 Å². The zero-order valence-electron chi connectivity index (χ0n) is 27.3. The highest BCUT2D eigenvalue weighted by molar-refractivity contribution is 6.31. The highest BCUT2D eigenvalue weighted by Crippen LogP contribution is 2.34. The lowest BCUT2D eigenvalue weighted by molar-refractivity contribution is -0.155. The fourth-order valence-corrected chi connectivity index (χ4v) is 6.27. The summed E-state index contributed by atoms with van der Waals surface area (Å²) in [6, 6.07) is 16.5. The number of benzene rings is 3. The molecule has 2 amide bonds. The van der Waals surface area contributed by atoms with Gasteiger partial charge in [-0.05, 0) is 69.2 Å². The molecule has 48 heavy (non-hydrogen) atoms. The molecule has 0 radical (unpaired) electrons. The quantitative estimate of drug-likeness (QED) is 0.275. The van der Waals surface area contributed by atoms with Gasteiger partial charge in [0.2, 0.25) is 5.91 Å². The first-order valence-corrected chi connectivity index (χ1v) is 16.2. The number of anilines is 1. The van der Waals surface area contributed by atoms with Crippen molar-refractivity contribution in [2.45, 2.75) is 65.0 Å². The Morgan fingerprint density at radius 3 is 2.48 bits per heavy atom. The molecule has 0 aliphatic carbocycles. The van der Waals surface area contributed by atoms with Gasteiger partial charge in [-0.25, -0.2) is 4.39 Å². The topological polar surface area (TPSA) is 129 Å². The zero-order valence-corrected chi connectivity index (χ0v) is 28.1. The van der Waals surface area contributed by atoms with Gasteiger partial charge < -0.3 is 25.0 Å². The van der Waals surface area contributed by atoms with E-state index in [9.17, 15) is 18.8 Å². The number of nitriles is 1. The number of nitrogens with zero attached hydrogens (tertiary/aromatic N) is 4. The first kappa shape index (κ1) is 34.7. The predicted molar refractivity (Wildman–Crippen MR) is 179 cm³/mol. The van der Waals surface area contributed by atoms with E-state index >= 15 is 0 Å². The lowest BCUT2D eigenvalue weighted by atomic mass is 10.1. The molecule has 3 aromatic rings. The number of carbonyl (C=O) groups is 3. The van der Waals surface area contributed by atoms with Crippen molar-refractivity contribution in [1.29, 1.82) is 5.26 Å². The van der Waals surface area contributed by atoms with Crippen molar-refractivity contribution in [2.75, 3.05) is 31.1 Å². The molecule has 0 unspecified atom stereocenters. The molecule has 2 aliphatic heterocycles. The lowest BCUT2D eigenvalue weighted by Crippen LogP contribution is -2.46. The number of hydrogen-bond donors (Lipinski definition) is 1. The van der Waals surface area contributed by atoms with E-state index in [1.165, 1.54) is 11.0 Å². The molecule has 1 saturated heterocycles. The number of esters is 1. The Hall–Kier alpha value is -4.66.